The third kappa shape index (κ3) is 4.70. The first kappa shape index (κ1) is 19.4. The van der Waals surface area contributed by atoms with Crippen LogP contribution in [0.1, 0.15) is 17.5 Å². The van der Waals surface area contributed by atoms with Crippen LogP contribution in [0.3, 0.4) is 0 Å². The molecular formula is C19H14BrF2NO3S. The van der Waals surface area contributed by atoms with Crippen molar-refractivity contribution in [1.82, 2.24) is 4.37 Å². The lowest BCUT2D eigenvalue weighted by atomic mass is 10.1. The Hall–Kier alpha value is -2.32. The van der Waals surface area contributed by atoms with Gasteiger partial charge in [0.1, 0.15) is 6.61 Å². The van der Waals surface area contributed by atoms with Gasteiger partial charge in [-0.3, -0.25) is 4.79 Å². The normalized spacial score (nSPS) is 10.8. The maximum Gasteiger partial charge on any atom is 0.303 e. The van der Waals surface area contributed by atoms with Crippen molar-refractivity contribution in [3.8, 4) is 17.0 Å². The molecule has 0 amide bonds. The molecule has 0 unspecified atom stereocenters. The second-order valence-corrected chi connectivity index (χ2v) is 7.27. The van der Waals surface area contributed by atoms with E-state index in [1.54, 1.807) is 5.38 Å². The molecule has 0 fully saturated rings. The van der Waals surface area contributed by atoms with Gasteiger partial charge < -0.3 is 9.84 Å². The fourth-order valence-electron chi connectivity index (χ4n) is 2.48. The molecule has 140 valence electrons. The van der Waals surface area contributed by atoms with Crippen molar-refractivity contribution in [2.45, 2.75) is 19.4 Å². The number of aromatic nitrogens is 1. The fraction of sp³-hybridized carbons (Fsp3) is 0.158. The number of carboxylic acids is 1. The van der Waals surface area contributed by atoms with Crippen LogP contribution in [0, 0.1) is 11.6 Å². The highest BCUT2D eigenvalue weighted by Gasteiger charge is 2.16. The van der Waals surface area contributed by atoms with E-state index in [2.05, 4.69) is 20.3 Å². The summed E-state index contributed by atoms with van der Waals surface area (Å²) in [5.41, 5.74) is 2.40. The number of hydrogen-bond acceptors (Lipinski definition) is 4. The molecule has 4 nitrogen and oxygen atoms in total. The summed E-state index contributed by atoms with van der Waals surface area (Å²) in [6.07, 6.45) is -0.353. The van der Waals surface area contributed by atoms with Gasteiger partial charge in [0, 0.05) is 27.4 Å². The minimum atomic E-state index is -1.12. The van der Waals surface area contributed by atoms with Gasteiger partial charge in [0.05, 0.1) is 5.69 Å². The number of halogens is 3. The Morgan fingerprint density at radius 3 is 2.56 bits per heavy atom. The number of benzene rings is 2. The standard InChI is InChI=1S/C19H14BrF2NO3S/c20-14-5-1-12(2-6-14)19-13(10-27-23-19)9-26-15-7-3-11(4-8-16(24)25)17(21)18(15)22/h1-3,5-7,10H,4,8-9H2,(H,24,25). The number of ether oxygens (including phenoxy) is 1. The van der Waals surface area contributed by atoms with E-state index in [0.717, 1.165) is 21.3 Å². The third-order valence-electron chi connectivity index (χ3n) is 3.88. The second kappa shape index (κ2) is 8.58. The van der Waals surface area contributed by atoms with Gasteiger partial charge in [-0.1, -0.05) is 34.1 Å². The maximum absolute atomic E-state index is 14.2. The molecule has 0 bridgehead atoms. The first-order chi connectivity index (χ1) is 13.0. The SMILES string of the molecule is O=C(O)CCc1ccc(OCc2csnc2-c2ccc(Br)cc2)c(F)c1F. The minimum absolute atomic E-state index is 0.00926. The molecule has 1 aromatic heterocycles. The molecule has 0 aliphatic heterocycles. The lowest BCUT2D eigenvalue weighted by molar-refractivity contribution is -0.136. The molecule has 8 heteroatoms. The monoisotopic (exact) mass is 453 g/mol. The Balaban J connectivity index is 1.74. The summed E-state index contributed by atoms with van der Waals surface area (Å²) in [4.78, 5) is 10.6. The first-order valence-corrected chi connectivity index (χ1v) is 9.59. The van der Waals surface area contributed by atoms with E-state index >= 15 is 0 Å². The van der Waals surface area contributed by atoms with Crippen LogP contribution in [-0.4, -0.2) is 15.4 Å². The Morgan fingerprint density at radius 2 is 1.85 bits per heavy atom. The van der Waals surface area contributed by atoms with Crippen LogP contribution in [-0.2, 0) is 17.8 Å². The van der Waals surface area contributed by atoms with Crippen molar-refractivity contribution in [2.24, 2.45) is 0 Å². The van der Waals surface area contributed by atoms with Crippen molar-refractivity contribution < 1.29 is 23.4 Å². The van der Waals surface area contributed by atoms with Crippen molar-refractivity contribution >= 4 is 33.4 Å². The van der Waals surface area contributed by atoms with Crippen LogP contribution in [0.15, 0.2) is 46.3 Å². The molecule has 2 aromatic carbocycles. The average molecular weight is 454 g/mol. The molecule has 0 spiro atoms. The molecule has 1 N–H and O–H groups in total. The van der Waals surface area contributed by atoms with Crippen LogP contribution in [0.25, 0.3) is 11.3 Å². The van der Waals surface area contributed by atoms with Gasteiger partial charge in [-0.2, -0.15) is 8.76 Å². The Kier molecular flexibility index (Phi) is 6.18. The fourth-order valence-corrected chi connectivity index (χ4v) is 3.43. The molecule has 0 aliphatic rings. The molecule has 1 heterocycles. The Morgan fingerprint density at radius 1 is 1.11 bits per heavy atom. The third-order valence-corrected chi connectivity index (χ3v) is 5.09. The molecular weight excluding hydrogens is 440 g/mol. The number of carbonyl (C=O) groups is 1. The molecule has 0 radical (unpaired) electrons. The van der Waals surface area contributed by atoms with E-state index in [1.807, 2.05) is 24.3 Å². The zero-order valence-electron chi connectivity index (χ0n) is 13.9. The lowest BCUT2D eigenvalue weighted by Gasteiger charge is -2.10. The minimum Gasteiger partial charge on any atom is -0.486 e. The second-order valence-electron chi connectivity index (χ2n) is 5.73. The van der Waals surface area contributed by atoms with Gasteiger partial charge in [0.25, 0.3) is 0 Å². The highest BCUT2D eigenvalue weighted by atomic mass is 79.9. The number of rotatable bonds is 7. The number of nitrogens with zero attached hydrogens (tertiary/aromatic N) is 1. The number of carboxylic acid groups (broad SMARTS) is 1. The predicted octanol–water partition coefficient (Wildman–Crippen LogP) is 5.45. The summed E-state index contributed by atoms with van der Waals surface area (Å²) >= 11 is 4.63. The van der Waals surface area contributed by atoms with E-state index in [0.29, 0.717) is 0 Å². The summed E-state index contributed by atoms with van der Waals surface area (Å²) in [6.45, 7) is 0.0345. The summed E-state index contributed by atoms with van der Waals surface area (Å²) in [5.74, 6) is -3.49. The van der Waals surface area contributed by atoms with Crippen molar-refractivity contribution in [3.05, 3.63) is 69.0 Å². The Labute approximate surface area is 166 Å². The quantitative estimate of drug-likeness (QED) is 0.516. The highest BCUT2D eigenvalue weighted by molar-refractivity contribution is 9.10. The van der Waals surface area contributed by atoms with Crippen molar-refractivity contribution in [3.63, 3.8) is 0 Å². The van der Waals surface area contributed by atoms with Gasteiger partial charge in [-0.05, 0) is 41.7 Å². The Bertz CT molecular complexity index is 960. The topological polar surface area (TPSA) is 59.4 Å². The molecule has 3 aromatic rings. The molecule has 0 saturated carbocycles. The smallest absolute Gasteiger partial charge is 0.303 e. The highest BCUT2D eigenvalue weighted by Crippen LogP contribution is 2.28. The summed E-state index contributed by atoms with van der Waals surface area (Å²) in [5, 5.41) is 10.5. The average Bonchev–Trinajstić information content (AvgIpc) is 3.11. The predicted molar refractivity (Wildman–Crippen MR) is 102 cm³/mol. The maximum atomic E-state index is 14.2. The lowest BCUT2D eigenvalue weighted by Crippen LogP contribution is -2.04. The molecule has 0 atom stereocenters. The summed E-state index contributed by atoms with van der Waals surface area (Å²) in [6, 6.07) is 10.3. The van der Waals surface area contributed by atoms with Crippen molar-refractivity contribution in [2.75, 3.05) is 0 Å². The zero-order valence-corrected chi connectivity index (χ0v) is 16.3. The van der Waals surface area contributed by atoms with E-state index in [1.165, 1.54) is 23.7 Å². The van der Waals surface area contributed by atoms with Crippen LogP contribution >= 0.6 is 27.5 Å². The van der Waals surface area contributed by atoms with Crippen LogP contribution in [0.4, 0.5) is 8.78 Å². The number of aliphatic carboxylic acids is 1. The largest absolute Gasteiger partial charge is 0.486 e. The van der Waals surface area contributed by atoms with E-state index < -0.39 is 17.6 Å². The number of aryl methyl sites for hydroxylation is 1. The molecule has 0 aliphatic carbocycles. The number of hydrogen-bond donors (Lipinski definition) is 1. The van der Waals surface area contributed by atoms with Gasteiger partial charge >= 0.3 is 5.97 Å². The van der Waals surface area contributed by atoms with E-state index in [9.17, 15) is 13.6 Å². The molecule has 0 saturated heterocycles. The molecule has 3 rings (SSSR count). The van der Waals surface area contributed by atoms with Gasteiger partial charge in [0.2, 0.25) is 5.82 Å². The van der Waals surface area contributed by atoms with Gasteiger partial charge in [-0.15, -0.1) is 0 Å². The van der Waals surface area contributed by atoms with Gasteiger partial charge in [-0.25, -0.2) is 4.39 Å². The zero-order chi connectivity index (χ0) is 19.4. The molecule has 27 heavy (non-hydrogen) atoms. The van der Waals surface area contributed by atoms with Gasteiger partial charge in [0.15, 0.2) is 11.6 Å². The summed E-state index contributed by atoms with van der Waals surface area (Å²) in [7, 11) is 0. The first-order valence-electron chi connectivity index (χ1n) is 7.96. The van der Waals surface area contributed by atoms with Crippen LogP contribution < -0.4 is 4.74 Å². The summed E-state index contributed by atoms with van der Waals surface area (Å²) < 4.78 is 39.1. The van der Waals surface area contributed by atoms with Crippen LogP contribution in [0.5, 0.6) is 5.75 Å². The van der Waals surface area contributed by atoms with E-state index in [4.69, 9.17) is 9.84 Å². The van der Waals surface area contributed by atoms with E-state index in [-0.39, 0.29) is 30.8 Å². The van der Waals surface area contributed by atoms with Crippen LogP contribution in [0.2, 0.25) is 0 Å². The van der Waals surface area contributed by atoms with Crippen molar-refractivity contribution in [1.29, 1.82) is 0 Å².